The first-order valence-corrected chi connectivity index (χ1v) is 7.28. The summed E-state index contributed by atoms with van der Waals surface area (Å²) in [6.45, 7) is 0. The van der Waals surface area contributed by atoms with Gasteiger partial charge in [0.15, 0.2) is 0 Å². The van der Waals surface area contributed by atoms with Crippen LogP contribution in [-0.2, 0) is 5.88 Å². The molecular weight excluding hydrogens is 388 g/mol. The molecule has 2 aromatic carbocycles. The largest absolute Gasteiger partial charge is 0.448 e. The SMILES string of the molecule is O=[N+]([O-])c1cc(Br)c(F)cc1Oc1ccc(CCl)cc1Cl. The molecule has 2 rings (SSSR count). The van der Waals surface area contributed by atoms with Gasteiger partial charge in [0.25, 0.3) is 0 Å². The van der Waals surface area contributed by atoms with Gasteiger partial charge in [-0.3, -0.25) is 10.1 Å². The average Bonchev–Trinajstić information content (AvgIpc) is 2.44. The van der Waals surface area contributed by atoms with Gasteiger partial charge in [-0.15, -0.1) is 11.6 Å². The normalized spacial score (nSPS) is 10.5. The van der Waals surface area contributed by atoms with E-state index >= 15 is 0 Å². The number of rotatable bonds is 4. The molecule has 0 saturated heterocycles. The van der Waals surface area contributed by atoms with E-state index < -0.39 is 10.7 Å². The number of nitrogens with zero attached hydrogens (tertiary/aromatic N) is 1. The Labute approximate surface area is 137 Å². The molecule has 0 bridgehead atoms. The number of hydrogen-bond donors (Lipinski definition) is 0. The van der Waals surface area contributed by atoms with E-state index in [-0.39, 0.29) is 32.6 Å². The van der Waals surface area contributed by atoms with Gasteiger partial charge in [-0.1, -0.05) is 17.7 Å². The summed E-state index contributed by atoms with van der Waals surface area (Å²) < 4.78 is 18.9. The van der Waals surface area contributed by atoms with Crippen LogP contribution in [0.25, 0.3) is 0 Å². The molecule has 110 valence electrons. The number of alkyl halides is 1. The van der Waals surface area contributed by atoms with E-state index in [2.05, 4.69) is 15.9 Å². The minimum absolute atomic E-state index is 0.0230. The molecule has 0 aliphatic carbocycles. The minimum atomic E-state index is -0.677. The van der Waals surface area contributed by atoms with E-state index in [1.54, 1.807) is 12.1 Å². The summed E-state index contributed by atoms with van der Waals surface area (Å²) in [6, 6.07) is 6.71. The first kappa shape index (κ1) is 16.0. The lowest BCUT2D eigenvalue weighted by Crippen LogP contribution is -1.96. The maximum Gasteiger partial charge on any atom is 0.312 e. The fourth-order valence-corrected chi connectivity index (χ4v) is 2.31. The van der Waals surface area contributed by atoms with Gasteiger partial charge < -0.3 is 4.74 Å². The number of benzene rings is 2. The standard InChI is InChI=1S/C13H7BrCl2FNO3/c14-8-4-11(18(19)20)13(5-10(8)17)21-12-2-1-7(6-15)3-9(12)16/h1-5H,6H2. The molecule has 0 heterocycles. The summed E-state index contributed by atoms with van der Waals surface area (Å²) in [4.78, 5) is 10.3. The third-order valence-electron chi connectivity index (χ3n) is 2.57. The molecule has 0 aliphatic heterocycles. The van der Waals surface area contributed by atoms with Crippen LogP contribution in [0.4, 0.5) is 10.1 Å². The van der Waals surface area contributed by atoms with E-state index in [4.69, 9.17) is 27.9 Å². The van der Waals surface area contributed by atoms with Gasteiger partial charge in [0.2, 0.25) is 5.75 Å². The molecule has 0 spiro atoms. The smallest absolute Gasteiger partial charge is 0.312 e. The molecular formula is C13H7BrCl2FNO3. The third-order valence-corrected chi connectivity index (χ3v) is 3.78. The molecule has 0 N–H and O–H groups in total. The highest BCUT2D eigenvalue weighted by Gasteiger charge is 2.20. The highest BCUT2D eigenvalue weighted by molar-refractivity contribution is 9.10. The van der Waals surface area contributed by atoms with E-state index in [1.807, 2.05) is 0 Å². The Morgan fingerprint density at radius 1 is 1.29 bits per heavy atom. The second-order valence-electron chi connectivity index (χ2n) is 3.99. The topological polar surface area (TPSA) is 52.4 Å². The van der Waals surface area contributed by atoms with Gasteiger partial charge in [-0.25, -0.2) is 4.39 Å². The highest BCUT2D eigenvalue weighted by atomic mass is 79.9. The van der Waals surface area contributed by atoms with Crippen LogP contribution in [0.15, 0.2) is 34.8 Å². The number of hydrogen-bond acceptors (Lipinski definition) is 3. The Hall–Kier alpha value is -1.37. The van der Waals surface area contributed by atoms with Crippen LogP contribution in [-0.4, -0.2) is 4.92 Å². The first-order chi connectivity index (χ1) is 9.92. The quantitative estimate of drug-likeness (QED) is 0.380. The van der Waals surface area contributed by atoms with Crippen LogP contribution in [0.2, 0.25) is 5.02 Å². The van der Waals surface area contributed by atoms with Crippen LogP contribution in [0.3, 0.4) is 0 Å². The Morgan fingerprint density at radius 2 is 2.00 bits per heavy atom. The predicted molar refractivity (Wildman–Crippen MR) is 81.8 cm³/mol. The van der Waals surface area contributed by atoms with Crippen molar-refractivity contribution in [2.45, 2.75) is 5.88 Å². The Balaban J connectivity index is 2.43. The fraction of sp³-hybridized carbons (Fsp3) is 0.0769. The molecule has 4 nitrogen and oxygen atoms in total. The van der Waals surface area contributed by atoms with E-state index in [0.717, 1.165) is 17.7 Å². The monoisotopic (exact) mass is 393 g/mol. The van der Waals surface area contributed by atoms with E-state index in [1.165, 1.54) is 6.07 Å². The van der Waals surface area contributed by atoms with Crippen LogP contribution in [0, 0.1) is 15.9 Å². The van der Waals surface area contributed by atoms with Crippen LogP contribution >= 0.6 is 39.1 Å². The van der Waals surface area contributed by atoms with Crippen LogP contribution < -0.4 is 4.74 Å². The highest BCUT2D eigenvalue weighted by Crippen LogP contribution is 2.38. The van der Waals surface area contributed by atoms with Crippen molar-refractivity contribution in [3.05, 3.63) is 61.3 Å². The maximum absolute atomic E-state index is 13.5. The summed E-state index contributed by atoms with van der Waals surface area (Å²) in [5.74, 6) is -0.465. The molecule has 0 saturated carbocycles. The Morgan fingerprint density at radius 3 is 2.57 bits per heavy atom. The first-order valence-electron chi connectivity index (χ1n) is 5.58. The molecule has 0 amide bonds. The van der Waals surface area contributed by atoms with Gasteiger partial charge >= 0.3 is 5.69 Å². The second-order valence-corrected chi connectivity index (χ2v) is 5.52. The van der Waals surface area contributed by atoms with Crippen molar-refractivity contribution in [1.82, 2.24) is 0 Å². The third kappa shape index (κ3) is 3.64. The summed E-state index contributed by atoms with van der Waals surface area (Å²) in [7, 11) is 0. The number of nitro groups is 1. The van der Waals surface area contributed by atoms with Crippen molar-refractivity contribution >= 4 is 44.8 Å². The molecule has 0 aliphatic rings. The van der Waals surface area contributed by atoms with Crippen molar-refractivity contribution in [1.29, 1.82) is 0 Å². The molecule has 0 unspecified atom stereocenters. The van der Waals surface area contributed by atoms with Crippen molar-refractivity contribution < 1.29 is 14.1 Å². The predicted octanol–water partition coefficient (Wildman–Crippen LogP) is 5.68. The molecule has 21 heavy (non-hydrogen) atoms. The summed E-state index contributed by atoms with van der Waals surface area (Å²) >= 11 is 14.6. The summed E-state index contributed by atoms with van der Waals surface area (Å²) in [5, 5.41) is 11.2. The van der Waals surface area contributed by atoms with E-state index in [0.29, 0.717) is 0 Å². The number of halogens is 4. The zero-order valence-electron chi connectivity index (χ0n) is 10.3. The molecule has 0 atom stereocenters. The Bertz CT molecular complexity index is 712. The second kappa shape index (κ2) is 6.60. The summed E-state index contributed by atoms with van der Waals surface area (Å²) in [6.07, 6.45) is 0. The van der Waals surface area contributed by atoms with Gasteiger partial charge in [0.1, 0.15) is 11.6 Å². The maximum atomic E-state index is 13.5. The van der Waals surface area contributed by atoms with Gasteiger partial charge in [-0.05, 0) is 33.6 Å². The number of ether oxygens (including phenoxy) is 1. The molecule has 0 aromatic heterocycles. The Kier molecular flexibility index (Phi) is 5.03. The zero-order valence-corrected chi connectivity index (χ0v) is 13.4. The van der Waals surface area contributed by atoms with Crippen molar-refractivity contribution in [2.75, 3.05) is 0 Å². The molecule has 8 heteroatoms. The van der Waals surface area contributed by atoms with Crippen molar-refractivity contribution in [3.63, 3.8) is 0 Å². The number of nitro benzene ring substituents is 1. The lowest BCUT2D eigenvalue weighted by molar-refractivity contribution is -0.385. The lowest BCUT2D eigenvalue weighted by atomic mass is 10.2. The molecule has 2 aromatic rings. The molecule has 0 fully saturated rings. The average molecular weight is 395 g/mol. The summed E-state index contributed by atoms with van der Waals surface area (Å²) in [5.41, 5.74) is 0.395. The van der Waals surface area contributed by atoms with Crippen molar-refractivity contribution in [3.8, 4) is 11.5 Å². The zero-order chi connectivity index (χ0) is 15.6. The minimum Gasteiger partial charge on any atom is -0.448 e. The van der Waals surface area contributed by atoms with E-state index in [9.17, 15) is 14.5 Å². The van der Waals surface area contributed by atoms with Crippen LogP contribution in [0.5, 0.6) is 11.5 Å². The van der Waals surface area contributed by atoms with Gasteiger partial charge in [-0.2, -0.15) is 0 Å². The fourth-order valence-electron chi connectivity index (χ4n) is 1.57. The van der Waals surface area contributed by atoms with Gasteiger partial charge in [0.05, 0.1) is 14.4 Å². The van der Waals surface area contributed by atoms with Crippen LogP contribution in [0.1, 0.15) is 5.56 Å². The lowest BCUT2D eigenvalue weighted by Gasteiger charge is -2.09. The van der Waals surface area contributed by atoms with Crippen molar-refractivity contribution in [2.24, 2.45) is 0 Å². The molecule has 0 radical (unpaired) electrons. The van der Waals surface area contributed by atoms with Gasteiger partial charge in [0, 0.05) is 18.0 Å².